The van der Waals surface area contributed by atoms with Crippen molar-refractivity contribution in [3.63, 3.8) is 0 Å². The summed E-state index contributed by atoms with van der Waals surface area (Å²) in [4.78, 5) is 24.0. The Kier molecular flexibility index (Phi) is 8.31. The average Bonchev–Trinajstić information content (AvgIpc) is 3.56. The maximum absolute atomic E-state index is 2.77. The van der Waals surface area contributed by atoms with Gasteiger partial charge in [-0.25, -0.2) is 0 Å². The van der Waals surface area contributed by atoms with Crippen molar-refractivity contribution in [1.29, 1.82) is 0 Å². The highest BCUT2D eigenvalue weighted by Gasteiger charge is 2.56. The lowest BCUT2D eigenvalue weighted by Crippen LogP contribution is -2.66. The highest BCUT2D eigenvalue weighted by molar-refractivity contribution is 8.01. The smallest absolute Gasteiger partial charge is 0.252 e. The molecule has 0 saturated heterocycles. The zero-order chi connectivity index (χ0) is 52.1. The van der Waals surface area contributed by atoms with Crippen molar-refractivity contribution in [1.82, 2.24) is 0 Å². The minimum Gasteiger partial charge on any atom is -0.307 e. The van der Waals surface area contributed by atoms with Gasteiger partial charge in [-0.3, -0.25) is 0 Å². The summed E-state index contributed by atoms with van der Waals surface area (Å²) in [6.45, 7) is -0.0785. The van der Waals surface area contributed by atoms with E-state index in [9.17, 15) is 0 Å². The zero-order valence-corrected chi connectivity index (χ0v) is 46.9. The number of nitrogens with zero attached hydrogens (tertiary/aromatic N) is 4. The molecular formula is C70H36B2N4S5. The number of thiophene rings is 1. The van der Waals surface area contributed by atoms with Crippen molar-refractivity contribution in [2.45, 2.75) is 39.2 Å². The van der Waals surface area contributed by atoms with Crippen LogP contribution in [-0.4, -0.2) is 13.4 Å². The summed E-state index contributed by atoms with van der Waals surface area (Å²) in [5.41, 5.74) is 31.3. The van der Waals surface area contributed by atoms with E-state index in [1.807, 2.05) is 58.4 Å². The van der Waals surface area contributed by atoms with E-state index < -0.39 is 0 Å². The lowest BCUT2D eigenvalue weighted by Gasteiger charge is -2.53. The monoisotopic (exact) mass is 1110 g/mol. The first-order chi connectivity index (χ1) is 40.2. The molecule has 0 bridgehead atoms. The Morgan fingerprint density at radius 3 is 1.26 bits per heavy atom. The number of fused-ring (bicyclic) bond motifs is 9. The Bertz CT molecular complexity index is 4940. The van der Waals surface area contributed by atoms with Gasteiger partial charge in [0.25, 0.3) is 13.4 Å². The summed E-state index contributed by atoms with van der Waals surface area (Å²) in [7, 11) is 0. The first-order valence-corrected chi connectivity index (χ1v) is 31.7. The van der Waals surface area contributed by atoms with Gasteiger partial charge in [0.2, 0.25) is 0 Å². The van der Waals surface area contributed by atoms with Crippen LogP contribution in [0.1, 0.15) is 0 Å². The fourth-order valence-corrected chi connectivity index (χ4v) is 21.3. The SMILES string of the molecule is c1ccc(-c2cc3c4c(c2)B2c5ccc6c7c5N(c5ccc8c(c52)N4c2c(cccc2S8)S3)c2c(-c3ccccc3)sc(-c3ccccc3)c2N7c2ccc3c4c2B6c2ccc(-c5ccccc5)c5c2N4c2c(cccc2S5)S3)cc1. The Labute approximate surface area is 489 Å². The van der Waals surface area contributed by atoms with Gasteiger partial charge >= 0.3 is 0 Å². The second-order valence-corrected chi connectivity index (χ2v) is 27.5. The van der Waals surface area contributed by atoms with Crippen LogP contribution in [0.4, 0.5) is 68.2 Å². The minimum absolute atomic E-state index is 0.0335. The third-order valence-corrected chi connectivity index (χ3v) is 24.0. The van der Waals surface area contributed by atoms with E-state index in [0.717, 1.165) is 0 Å². The quantitative estimate of drug-likeness (QED) is 0.160. The Morgan fingerprint density at radius 1 is 0.259 bits per heavy atom. The molecule has 0 aliphatic carbocycles. The lowest BCUT2D eigenvalue weighted by atomic mass is 9.30. The highest BCUT2D eigenvalue weighted by Crippen LogP contribution is 2.69. The number of para-hydroxylation sites is 2. The molecule has 21 rings (SSSR count). The Balaban J connectivity index is 0.918. The van der Waals surface area contributed by atoms with Gasteiger partial charge in [0.15, 0.2) is 0 Å². The van der Waals surface area contributed by atoms with Gasteiger partial charge in [0.05, 0.1) is 66.6 Å². The van der Waals surface area contributed by atoms with Gasteiger partial charge in [0.1, 0.15) is 0 Å². The van der Waals surface area contributed by atoms with Crippen LogP contribution in [0.25, 0.3) is 43.1 Å². The molecule has 0 atom stereocenters. The van der Waals surface area contributed by atoms with E-state index in [2.05, 4.69) is 238 Å². The van der Waals surface area contributed by atoms with Crippen LogP contribution in [0.3, 0.4) is 0 Å². The van der Waals surface area contributed by atoms with E-state index in [1.54, 1.807) is 0 Å². The van der Waals surface area contributed by atoms with Gasteiger partial charge in [-0.15, -0.1) is 11.3 Å². The molecule has 81 heavy (non-hydrogen) atoms. The Hall–Kier alpha value is -8.15. The summed E-state index contributed by atoms with van der Waals surface area (Å²) < 4.78 is 0. The maximum atomic E-state index is 2.77. The molecule has 11 aromatic carbocycles. The van der Waals surface area contributed by atoms with Gasteiger partial charge < -0.3 is 19.6 Å². The van der Waals surface area contributed by atoms with Crippen molar-refractivity contribution < 1.29 is 0 Å². The molecule has 0 fully saturated rings. The van der Waals surface area contributed by atoms with Crippen molar-refractivity contribution in [3.8, 4) is 43.1 Å². The summed E-state index contributed by atoms with van der Waals surface area (Å²) in [5, 5.41) is 0. The van der Waals surface area contributed by atoms with Crippen molar-refractivity contribution in [2.75, 3.05) is 19.6 Å². The van der Waals surface area contributed by atoms with E-state index in [0.29, 0.717) is 0 Å². The predicted octanol–water partition coefficient (Wildman–Crippen LogP) is 16.8. The fourth-order valence-electron chi connectivity index (χ4n) is 15.2. The van der Waals surface area contributed by atoms with Crippen LogP contribution in [0.15, 0.2) is 258 Å². The van der Waals surface area contributed by atoms with Gasteiger partial charge in [-0.05, 0) is 121 Å². The molecule has 0 radical (unpaired) electrons. The topological polar surface area (TPSA) is 13.0 Å². The van der Waals surface area contributed by atoms with Crippen molar-refractivity contribution in [2.24, 2.45) is 0 Å². The third kappa shape index (κ3) is 5.36. The van der Waals surface area contributed by atoms with E-state index in [4.69, 9.17) is 0 Å². The molecular weight excluding hydrogens is 1080 g/mol. The van der Waals surface area contributed by atoms with Crippen LogP contribution < -0.4 is 52.4 Å². The Morgan fingerprint density at radius 2 is 0.704 bits per heavy atom. The molecule has 1 aromatic heterocycles. The van der Waals surface area contributed by atoms with Gasteiger partial charge in [-0.2, -0.15) is 0 Å². The predicted molar refractivity (Wildman–Crippen MR) is 344 cm³/mol. The summed E-state index contributed by atoms with van der Waals surface area (Å²) in [5.74, 6) is 0. The first kappa shape index (κ1) is 43.6. The van der Waals surface area contributed by atoms with Crippen LogP contribution in [0, 0.1) is 0 Å². The molecule has 372 valence electrons. The zero-order valence-electron chi connectivity index (χ0n) is 42.8. The van der Waals surface area contributed by atoms with Crippen LogP contribution in [0.5, 0.6) is 0 Å². The molecule has 9 aliphatic heterocycles. The molecule has 0 saturated carbocycles. The van der Waals surface area contributed by atoms with Crippen molar-refractivity contribution >= 4 is 173 Å². The number of hydrogen-bond donors (Lipinski definition) is 0. The van der Waals surface area contributed by atoms with Crippen LogP contribution in [-0.2, 0) is 0 Å². The average molecular weight is 1120 g/mol. The molecule has 0 amide bonds. The molecule has 4 nitrogen and oxygen atoms in total. The molecule has 11 heteroatoms. The van der Waals surface area contributed by atoms with Crippen LogP contribution in [0.2, 0.25) is 0 Å². The number of anilines is 12. The van der Waals surface area contributed by atoms with E-state index in [1.165, 1.54) is 183 Å². The number of rotatable bonds is 4. The van der Waals surface area contributed by atoms with E-state index >= 15 is 0 Å². The van der Waals surface area contributed by atoms with Gasteiger partial charge in [-0.1, -0.05) is 211 Å². The molecule has 9 aliphatic rings. The first-order valence-electron chi connectivity index (χ1n) is 27.6. The summed E-state index contributed by atoms with van der Waals surface area (Å²) >= 11 is 9.73. The third-order valence-electron chi connectivity index (χ3n) is 18.3. The standard InChI is InChI=1S/C70H36B2N4S5/c1-5-15-37(16-6-1)41-35-46-58-55(36-41)79-51-25-13-23-49-62(51)75(58)64-53(77-49)33-32-48-57(64)72(46)44-30-29-43-59-60(44)74(48)67-66(68(39-19-9-3-10-20-39)81-69(67)40-21-11-4-12-22-40)73(59)47-31-34-54-65-56(47)71(43)45-28-27-42(38-17-7-2-8-18-38)70-61(45)76(65)63-50(78-54)24-14-26-52(63)80-70/h1-36H. The largest absolute Gasteiger partial charge is 0.307 e. The lowest BCUT2D eigenvalue weighted by molar-refractivity contribution is 1.08. The summed E-state index contributed by atoms with van der Waals surface area (Å²) in [6, 6.07) is 83.5. The van der Waals surface area contributed by atoms with Crippen molar-refractivity contribution in [3.05, 3.63) is 218 Å². The number of benzene rings is 11. The highest BCUT2D eigenvalue weighted by atomic mass is 32.2. The maximum Gasteiger partial charge on any atom is 0.252 e. The summed E-state index contributed by atoms with van der Waals surface area (Å²) in [6.07, 6.45) is 0. The van der Waals surface area contributed by atoms with Gasteiger partial charge in [0, 0.05) is 50.5 Å². The molecule has 0 spiro atoms. The molecule has 10 heterocycles. The second kappa shape index (κ2) is 15.4. The van der Waals surface area contributed by atoms with Crippen LogP contribution >= 0.6 is 58.4 Å². The normalized spacial score (nSPS) is 15.1. The molecule has 0 N–H and O–H groups in total. The minimum atomic E-state index is -0.0450. The van der Waals surface area contributed by atoms with E-state index in [-0.39, 0.29) is 13.4 Å². The molecule has 12 aromatic rings. The number of hydrogen-bond acceptors (Lipinski definition) is 9. The second-order valence-electron chi connectivity index (χ2n) is 22.2. The molecule has 0 unspecified atom stereocenters. The fraction of sp³-hybridized carbons (Fsp3) is 0.